The van der Waals surface area contributed by atoms with Crippen molar-refractivity contribution in [2.75, 3.05) is 6.54 Å². The molecule has 2 aromatic rings. The summed E-state index contributed by atoms with van der Waals surface area (Å²) in [4.78, 5) is 0. The number of hydrogen-bond donors (Lipinski definition) is 1. The Hall–Kier alpha value is -1.26. The molecule has 2 aromatic carbocycles. The molecule has 112 valence electrons. The van der Waals surface area contributed by atoms with Gasteiger partial charge in [0.15, 0.2) is 11.6 Å². The van der Waals surface area contributed by atoms with E-state index in [1.807, 2.05) is 32.0 Å². The van der Waals surface area contributed by atoms with Crippen LogP contribution in [0.1, 0.15) is 35.2 Å². The van der Waals surface area contributed by atoms with Gasteiger partial charge in [-0.1, -0.05) is 47.1 Å². The first kappa shape index (κ1) is 16.1. The molecular formula is C17H18BrF2N. The zero-order valence-electron chi connectivity index (χ0n) is 12.3. The fourth-order valence-electron chi connectivity index (χ4n) is 2.28. The van der Waals surface area contributed by atoms with Crippen LogP contribution in [0, 0.1) is 25.5 Å². The average Bonchev–Trinajstić information content (AvgIpc) is 2.46. The van der Waals surface area contributed by atoms with E-state index in [2.05, 4.69) is 21.2 Å². The highest BCUT2D eigenvalue weighted by atomic mass is 79.9. The minimum Gasteiger partial charge on any atom is -0.306 e. The van der Waals surface area contributed by atoms with Crippen LogP contribution in [-0.4, -0.2) is 6.54 Å². The van der Waals surface area contributed by atoms with E-state index in [1.54, 1.807) is 19.1 Å². The summed E-state index contributed by atoms with van der Waals surface area (Å²) < 4.78 is 29.1. The third kappa shape index (κ3) is 3.33. The fourth-order valence-corrected chi connectivity index (χ4v) is 2.68. The second kappa shape index (κ2) is 6.67. The summed E-state index contributed by atoms with van der Waals surface area (Å²) in [6, 6.07) is 8.73. The van der Waals surface area contributed by atoms with E-state index in [1.165, 1.54) is 0 Å². The van der Waals surface area contributed by atoms with Gasteiger partial charge in [-0.05, 0) is 43.1 Å². The molecule has 4 heteroatoms. The lowest BCUT2D eigenvalue weighted by molar-refractivity contribution is 0.478. The quantitative estimate of drug-likeness (QED) is 0.811. The largest absolute Gasteiger partial charge is 0.306 e. The van der Waals surface area contributed by atoms with E-state index in [0.29, 0.717) is 17.7 Å². The normalized spacial score (nSPS) is 12.5. The minimum absolute atomic E-state index is 0.316. The predicted molar refractivity (Wildman–Crippen MR) is 85.5 cm³/mol. The molecule has 1 N–H and O–H groups in total. The van der Waals surface area contributed by atoms with Crippen LogP contribution in [0.25, 0.3) is 0 Å². The van der Waals surface area contributed by atoms with Gasteiger partial charge in [0, 0.05) is 10.0 Å². The van der Waals surface area contributed by atoms with E-state index in [-0.39, 0.29) is 6.04 Å². The van der Waals surface area contributed by atoms with Gasteiger partial charge < -0.3 is 5.32 Å². The molecule has 1 nitrogen and oxygen atoms in total. The number of rotatable bonds is 4. The number of aryl methyl sites for hydroxylation is 2. The molecule has 0 spiro atoms. The van der Waals surface area contributed by atoms with E-state index >= 15 is 0 Å². The Morgan fingerprint density at radius 1 is 1.05 bits per heavy atom. The van der Waals surface area contributed by atoms with Crippen molar-refractivity contribution in [1.29, 1.82) is 0 Å². The first-order valence-electron chi connectivity index (χ1n) is 6.89. The predicted octanol–water partition coefficient (Wildman–Crippen LogP) is 5.04. The number of hydrogen-bond acceptors (Lipinski definition) is 1. The highest BCUT2D eigenvalue weighted by Crippen LogP contribution is 2.29. The van der Waals surface area contributed by atoms with Crippen molar-refractivity contribution in [3.05, 3.63) is 68.7 Å². The van der Waals surface area contributed by atoms with E-state index in [9.17, 15) is 8.78 Å². The number of benzene rings is 2. The Morgan fingerprint density at radius 3 is 2.33 bits per heavy atom. The van der Waals surface area contributed by atoms with Crippen molar-refractivity contribution in [3.63, 3.8) is 0 Å². The van der Waals surface area contributed by atoms with Gasteiger partial charge in [0.2, 0.25) is 0 Å². The highest BCUT2D eigenvalue weighted by Gasteiger charge is 2.21. The standard InChI is InChI=1S/C17H18BrF2N/c1-4-21-17(12-7-5-10(2)14(18)9-12)13-8-6-11(3)15(19)16(13)20/h5-9,17,21H,4H2,1-3H3. The van der Waals surface area contributed by atoms with Crippen LogP contribution in [0.15, 0.2) is 34.8 Å². The van der Waals surface area contributed by atoms with Crippen LogP contribution in [0.3, 0.4) is 0 Å². The Kier molecular flexibility index (Phi) is 5.12. The zero-order valence-corrected chi connectivity index (χ0v) is 13.9. The van der Waals surface area contributed by atoms with Crippen molar-refractivity contribution >= 4 is 15.9 Å². The molecule has 0 aliphatic rings. The average molecular weight is 354 g/mol. The lowest BCUT2D eigenvalue weighted by atomic mass is 9.96. The van der Waals surface area contributed by atoms with E-state index < -0.39 is 11.6 Å². The minimum atomic E-state index is -0.780. The van der Waals surface area contributed by atoms with Gasteiger partial charge in [0.25, 0.3) is 0 Å². The molecule has 0 aromatic heterocycles. The monoisotopic (exact) mass is 353 g/mol. The van der Waals surface area contributed by atoms with E-state index in [4.69, 9.17) is 0 Å². The van der Waals surface area contributed by atoms with Crippen molar-refractivity contribution in [2.45, 2.75) is 26.8 Å². The van der Waals surface area contributed by atoms with E-state index in [0.717, 1.165) is 15.6 Å². The third-order valence-electron chi connectivity index (χ3n) is 3.55. The summed E-state index contributed by atoms with van der Waals surface area (Å²) in [5.41, 5.74) is 2.65. The van der Waals surface area contributed by atoms with Crippen LogP contribution < -0.4 is 5.32 Å². The fraction of sp³-hybridized carbons (Fsp3) is 0.294. The second-order valence-corrected chi connectivity index (χ2v) is 5.95. The molecule has 0 aliphatic carbocycles. The SMILES string of the molecule is CCNC(c1ccc(C)c(Br)c1)c1ccc(C)c(F)c1F. The number of nitrogens with one attached hydrogen (secondary N) is 1. The summed E-state index contributed by atoms with van der Waals surface area (Å²) in [6.07, 6.45) is 0. The maximum absolute atomic E-state index is 14.3. The topological polar surface area (TPSA) is 12.0 Å². The molecule has 1 unspecified atom stereocenters. The zero-order chi connectivity index (χ0) is 15.6. The van der Waals surface area contributed by atoms with Gasteiger partial charge in [0.05, 0.1) is 6.04 Å². The van der Waals surface area contributed by atoms with Crippen LogP contribution in [0.5, 0.6) is 0 Å². The summed E-state index contributed by atoms with van der Waals surface area (Å²) in [7, 11) is 0. The maximum atomic E-state index is 14.3. The molecular weight excluding hydrogens is 336 g/mol. The second-order valence-electron chi connectivity index (χ2n) is 5.10. The van der Waals surface area contributed by atoms with Crippen molar-refractivity contribution in [2.24, 2.45) is 0 Å². The Balaban J connectivity index is 2.53. The van der Waals surface area contributed by atoms with Crippen LogP contribution in [0.4, 0.5) is 8.78 Å². The lowest BCUT2D eigenvalue weighted by Gasteiger charge is -2.21. The molecule has 0 aliphatic heterocycles. The van der Waals surface area contributed by atoms with Gasteiger partial charge >= 0.3 is 0 Å². The molecule has 1 atom stereocenters. The van der Waals surface area contributed by atoms with Crippen molar-refractivity contribution < 1.29 is 8.78 Å². The number of halogens is 3. The van der Waals surface area contributed by atoms with Gasteiger partial charge in [-0.3, -0.25) is 0 Å². The summed E-state index contributed by atoms with van der Waals surface area (Å²) in [5, 5.41) is 3.22. The summed E-state index contributed by atoms with van der Waals surface area (Å²) >= 11 is 3.49. The molecule has 2 rings (SSSR count). The Bertz CT molecular complexity index is 655. The molecule has 21 heavy (non-hydrogen) atoms. The Labute approximate surface area is 132 Å². The van der Waals surface area contributed by atoms with Crippen LogP contribution in [0.2, 0.25) is 0 Å². The lowest BCUT2D eigenvalue weighted by Crippen LogP contribution is -2.23. The van der Waals surface area contributed by atoms with Gasteiger partial charge in [-0.2, -0.15) is 0 Å². The van der Waals surface area contributed by atoms with Crippen molar-refractivity contribution in [3.8, 4) is 0 Å². The molecule has 0 saturated carbocycles. The van der Waals surface area contributed by atoms with Gasteiger partial charge in [-0.25, -0.2) is 8.78 Å². The first-order chi connectivity index (χ1) is 9.95. The van der Waals surface area contributed by atoms with Crippen LogP contribution in [-0.2, 0) is 0 Å². The van der Waals surface area contributed by atoms with Crippen LogP contribution >= 0.6 is 15.9 Å². The maximum Gasteiger partial charge on any atom is 0.164 e. The summed E-state index contributed by atoms with van der Waals surface area (Å²) in [6.45, 7) is 6.15. The molecule has 0 heterocycles. The van der Waals surface area contributed by atoms with Gasteiger partial charge in [0.1, 0.15) is 0 Å². The molecule has 0 bridgehead atoms. The highest BCUT2D eigenvalue weighted by molar-refractivity contribution is 9.10. The molecule has 0 saturated heterocycles. The van der Waals surface area contributed by atoms with Gasteiger partial charge in [-0.15, -0.1) is 0 Å². The first-order valence-corrected chi connectivity index (χ1v) is 7.69. The Morgan fingerprint density at radius 2 is 1.71 bits per heavy atom. The summed E-state index contributed by atoms with van der Waals surface area (Å²) in [5.74, 6) is -1.56. The molecule has 0 fully saturated rings. The smallest absolute Gasteiger partial charge is 0.164 e. The molecule has 0 radical (unpaired) electrons. The third-order valence-corrected chi connectivity index (χ3v) is 4.41. The molecule has 0 amide bonds. The van der Waals surface area contributed by atoms with Crippen molar-refractivity contribution in [1.82, 2.24) is 5.32 Å².